The molecule has 0 unspecified atom stereocenters. The maximum Gasteiger partial charge on any atom is 0.258 e. The summed E-state index contributed by atoms with van der Waals surface area (Å²) in [6.45, 7) is 1.94. The predicted molar refractivity (Wildman–Crippen MR) is 86.4 cm³/mol. The maximum atomic E-state index is 12.1. The smallest absolute Gasteiger partial charge is 0.258 e. The maximum absolute atomic E-state index is 12.1. The second-order valence-electron chi connectivity index (χ2n) is 4.81. The van der Waals surface area contributed by atoms with Crippen molar-refractivity contribution in [3.8, 4) is 0 Å². The highest BCUT2D eigenvalue weighted by Crippen LogP contribution is 2.29. The summed E-state index contributed by atoms with van der Waals surface area (Å²) in [5, 5.41) is 7.42. The Balaban J connectivity index is 0.00000147. The standard InChI is InChI=1S/C13H15N3OS2.ClH/c1-7-5-18-6-9(7)12(17)16-13-15-10-3-2-8(14)4-11(10)19-13;/h5-6,8H,2-4,14H2,1H3,(H,15,16,17);1H/t8-;/m0./s1. The first-order valence-electron chi connectivity index (χ1n) is 6.22. The highest BCUT2D eigenvalue weighted by atomic mass is 35.5. The summed E-state index contributed by atoms with van der Waals surface area (Å²) >= 11 is 3.09. The first-order chi connectivity index (χ1) is 9.13. The van der Waals surface area contributed by atoms with Crippen LogP contribution in [0, 0.1) is 6.92 Å². The summed E-state index contributed by atoms with van der Waals surface area (Å²) in [4.78, 5) is 17.8. The number of nitrogens with two attached hydrogens (primary N) is 1. The van der Waals surface area contributed by atoms with Crippen molar-refractivity contribution in [2.24, 2.45) is 5.73 Å². The summed E-state index contributed by atoms with van der Waals surface area (Å²) < 4.78 is 0. The molecule has 2 heterocycles. The van der Waals surface area contributed by atoms with Gasteiger partial charge in [-0.15, -0.1) is 23.7 Å². The fraction of sp³-hybridized carbons (Fsp3) is 0.385. The zero-order valence-corrected chi connectivity index (χ0v) is 13.5. The normalized spacial score (nSPS) is 17.2. The van der Waals surface area contributed by atoms with Crippen LogP contribution in [0.5, 0.6) is 0 Å². The summed E-state index contributed by atoms with van der Waals surface area (Å²) in [7, 11) is 0. The SMILES string of the molecule is Cc1cscc1C(=O)Nc1nc2c(s1)C[C@@H](N)CC2.Cl. The molecule has 3 N–H and O–H groups in total. The zero-order chi connectivity index (χ0) is 13.4. The minimum absolute atomic E-state index is 0. The van der Waals surface area contributed by atoms with E-state index >= 15 is 0 Å². The van der Waals surface area contributed by atoms with E-state index in [1.165, 1.54) is 16.2 Å². The lowest BCUT2D eigenvalue weighted by atomic mass is 9.99. The highest BCUT2D eigenvalue weighted by Gasteiger charge is 2.21. The number of fused-ring (bicyclic) bond motifs is 1. The molecule has 1 amide bonds. The van der Waals surface area contributed by atoms with E-state index in [0.717, 1.165) is 36.1 Å². The van der Waals surface area contributed by atoms with Crippen LogP contribution in [0.25, 0.3) is 0 Å². The lowest BCUT2D eigenvalue weighted by Crippen LogP contribution is -2.27. The molecule has 2 aromatic heterocycles. The van der Waals surface area contributed by atoms with E-state index in [0.29, 0.717) is 5.13 Å². The lowest BCUT2D eigenvalue weighted by molar-refractivity contribution is 0.102. The van der Waals surface area contributed by atoms with Gasteiger partial charge in [0.05, 0.1) is 11.3 Å². The molecule has 1 aliphatic carbocycles. The molecular formula is C13H16ClN3OS2. The van der Waals surface area contributed by atoms with Crippen molar-refractivity contribution >= 4 is 46.1 Å². The van der Waals surface area contributed by atoms with Crippen LogP contribution < -0.4 is 11.1 Å². The van der Waals surface area contributed by atoms with Crippen LogP contribution in [0.15, 0.2) is 10.8 Å². The largest absolute Gasteiger partial charge is 0.327 e. The van der Waals surface area contributed by atoms with E-state index in [4.69, 9.17) is 5.73 Å². The second-order valence-corrected chi connectivity index (χ2v) is 6.64. The van der Waals surface area contributed by atoms with Crippen LogP contribution in [0.1, 0.15) is 32.9 Å². The number of carbonyl (C=O) groups excluding carboxylic acids is 1. The molecule has 0 saturated carbocycles. The third-order valence-corrected chi connectivity index (χ3v) is 5.20. The number of aromatic nitrogens is 1. The highest BCUT2D eigenvalue weighted by molar-refractivity contribution is 7.16. The number of halogens is 1. The van der Waals surface area contributed by atoms with Crippen LogP contribution >= 0.6 is 35.1 Å². The fourth-order valence-electron chi connectivity index (χ4n) is 2.21. The van der Waals surface area contributed by atoms with Gasteiger partial charge in [-0.05, 0) is 37.1 Å². The molecule has 0 spiro atoms. The lowest BCUT2D eigenvalue weighted by Gasteiger charge is -2.15. The van der Waals surface area contributed by atoms with Crippen molar-refractivity contribution in [3.63, 3.8) is 0 Å². The van der Waals surface area contributed by atoms with Crippen LogP contribution in [-0.2, 0) is 12.8 Å². The first kappa shape index (κ1) is 15.4. The Morgan fingerprint density at radius 3 is 3.00 bits per heavy atom. The Bertz CT molecular complexity index is 623. The van der Waals surface area contributed by atoms with E-state index in [9.17, 15) is 4.79 Å². The number of amides is 1. The van der Waals surface area contributed by atoms with E-state index < -0.39 is 0 Å². The van der Waals surface area contributed by atoms with Gasteiger partial charge in [0.25, 0.3) is 5.91 Å². The van der Waals surface area contributed by atoms with Gasteiger partial charge >= 0.3 is 0 Å². The van der Waals surface area contributed by atoms with Crippen LogP contribution in [0.4, 0.5) is 5.13 Å². The minimum atomic E-state index is -0.0749. The molecule has 20 heavy (non-hydrogen) atoms. The molecular weight excluding hydrogens is 314 g/mol. The van der Waals surface area contributed by atoms with Crippen LogP contribution in [0.3, 0.4) is 0 Å². The van der Waals surface area contributed by atoms with Gasteiger partial charge in [0, 0.05) is 16.3 Å². The molecule has 0 bridgehead atoms. The van der Waals surface area contributed by atoms with Gasteiger partial charge in [0.2, 0.25) is 0 Å². The van der Waals surface area contributed by atoms with Crippen LogP contribution in [-0.4, -0.2) is 16.9 Å². The monoisotopic (exact) mass is 329 g/mol. The van der Waals surface area contributed by atoms with E-state index in [1.54, 1.807) is 11.3 Å². The molecule has 0 fully saturated rings. The second kappa shape index (κ2) is 6.22. The van der Waals surface area contributed by atoms with Crippen molar-refractivity contribution in [3.05, 3.63) is 32.5 Å². The Morgan fingerprint density at radius 1 is 1.50 bits per heavy atom. The minimum Gasteiger partial charge on any atom is -0.327 e. The third kappa shape index (κ3) is 3.03. The van der Waals surface area contributed by atoms with E-state index in [-0.39, 0.29) is 24.4 Å². The quantitative estimate of drug-likeness (QED) is 0.890. The first-order valence-corrected chi connectivity index (χ1v) is 7.97. The molecule has 0 aromatic carbocycles. The average molecular weight is 330 g/mol. The van der Waals surface area contributed by atoms with Gasteiger partial charge in [0.1, 0.15) is 0 Å². The number of rotatable bonds is 2. The van der Waals surface area contributed by atoms with E-state index in [2.05, 4.69) is 10.3 Å². The van der Waals surface area contributed by atoms with Gasteiger partial charge in [-0.3, -0.25) is 10.1 Å². The van der Waals surface area contributed by atoms with Gasteiger partial charge < -0.3 is 5.73 Å². The summed E-state index contributed by atoms with van der Waals surface area (Å²) in [6, 6.07) is 0.232. The molecule has 0 aliphatic heterocycles. The molecule has 1 atom stereocenters. The number of hydrogen-bond acceptors (Lipinski definition) is 5. The molecule has 3 rings (SSSR count). The van der Waals surface area contributed by atoms with Crippen molar-refractivity contribution in [1.82, 2.24) is 4.98 Å². The molecule has 1 aliphatic rings. The number of aryl methyl sites for hydroxylation is 2. The van der Waals surface area contributed by atoms with Gasteiger partial charge in [0.15, 0.2) is 5.13 Å². The molecule has 108 valence electrons. The number of hydrogen-bond donors (Lipinski definition) is 2. The van der Waals surface area contributed by atoms with Crippen molar-refractivity contribution in [1.29, 1.82) is 0 Å². The summed E-state index contributed by atoms with van der Waals surface area (Å²) in [6.07, 6.45) is 2.77. The Morgan fingerprint density at radius 2 is 2.30 bits per heavy atom. The Hall–Kier alpha value is -0.950. The molecule has 4 nitrogen and oxygen atoms in total. The Labute approximate surface area is 131 Å². The molecule has 0 saturated heterocycles. The number of nitrogens with zero attached hydrogens (tertiary/aromatic N) is 1. The number of carbonyl (C=O) groups is 1. The fourth-order valence-corrected chi connectivity index (χ4v) is 4.14. The number of nitrogens with one attached hydrogen (secondary N) is 1. The van der Waals surface area contributed by atoms with E-state index in [1.807, 2.05) is 17.7 Å². The summed E-state index contributed by atoms with van der Waals surface area (Å²) in [5.74, 6) is -0.0749. The third-order valence-electron chi connectivity index (χ3n) is 3.30. The van der Waals surface area contributed by atoms with Gasteiger partial charge in [-0.25, -0.2) is 4.98 Å². The Kier molecular flexibility index (Phi) is 4.80. The average Bonchev–Trinajstić information content (AvgIpc) is 2.94. The van der Waals surface area contributed by atoms with Crippen molar-refractivity contribution in [2.75, 3.05) is 5.32 Å². The van der Waals surface area contributed by atoms with Gasteiger partial charge in [-0.1, -0.05) is 0 Å². The topological polar surface area (TPSA) is 68.0 Å². The molecule has 7 heteroatoms. The van der Waals surface area contributed by atoms with Gasteiger partial charge in [-0.2, -0.15) is 11.3 Å². The van der Waals surface area contributed by atoms with Crippen molar-refractivity contribution < 1.29 is 4.79 Å². The predicted octanol–water partition coefficient (Wildman–Crippen LogP) is 3.00. The summed E-state index contributed by atoms with van der Waals surface area (Å²) in [5.41, 5.74) is 8.79. The molecule has 0 radical (unpaired) electrons. The number of thiophene rings is 1. The molecule has 2 aromatic rings. The number of thiazole rings is 1. The van der Waals surface area contributed by atoms with Crippen LogP contribution in [0.2, 0.25) is 0 Å². The van der Waals surface area contributed by atoms with Crippen molar-refractivity contribution in [2.45, 2.75) is 32.2 Å². The number of anilines is 1. The zero-order valence-electron chi connectivity index (χ0n) is 11.0.